The van der Waals surface area contributed by atoms with E-state index in [1.54, 1.807) is 24.3 Å². The Hall–Kier alpha value is -4.17. The second kappa shape index (κ2) is 7.90. The Balaban J connectivity index is 2.21. The first-order chi connectivity index (χ1) is 12.1. The van der Waals surface area contributed by atoms with E-state index < -0.39 is 10.8 Å². The number of nitriles is 2. The van der Waals surface area contributed by atoms with Crippen molar-refractivity contribution < 1.29 is 9.72 Å². The van der Waals surface area contributed by atoms with E-state index in [-0.39, 0.29) is 28.2 Å². The average molecular weight is 333 g/mol. The van der Waals surface area contributed by atoms with E-state index in [0.717, 1.165) is 6.20 Å². The molecule has 0 heterocycles. The zero-order valence-corrected chi connectivity index (χ0v) is 12.8. The van der Waals surface area contributed by atoms with Crippen LogP contribution in [0.25, 0.3) is 0 Å². The zero-order valence-electron chi connectivity index (χ0n) is 12.8. The van der Waals surface area contributed by atoms with Crippen molar-refractivity contribution in [3.05, 3.63) is 76.0 Å². The average Bonchev–Trinajstić information content (AvgIpc) is 2.63. The number of nitrogens with zero attached hydrogens (tertiary/aromatic N) is 3. The molecule has 2 rings (SSSR count). The van der Waals surface area contributed by atoms with E-state index in [1.165, 1.54) is 30.3 Å². The Kier molecular flexibility index (Phi) is 5.43. The monoisotopic (exact) mass is 333 g/mol. The Morgan fingerprint density at radius 1 is 1.08 bits per heavy atom. The number of rotatable bonds is 5. The molecule has 0 fully saturated rings. The van der Waals surface area contributed by atoms with Crippen molar-refractivity contribution in [2.45, 2.75) is 0 Å². The molecule has 0 spiro atoms. The van der Waals surface area contributed by atoms with Crippen LogP contribution in [0, 0.1) is 32.8 Å². The van der Waals surface area contributed by atoms with Crippen LogP contribution in [-0.2, 0) is 4.79 Å². The quantitative estimate of drug-likeness (QED) is 0.374. The van der Waals surface area contributed by atoms with Gasteiger partial charge in [0.05, 0.1) is 16.2 Å². The second-order valence-electron chi connectivity index (χ2n) is 4.70. The third-order valence-corrected chi connectivity index (χ3v) is 3.13. The number of carbonyl (C=O) groups is 1. The zero-order chi connectivity index (χ0) is 18.2. The topological polar surface area (TPSA) is 132 Å². The molecule has 2 aromatic rings. The summed E-state index contributed by atoms with van der Waals surface area (Å²) in [6, 6.07) is 15.8. The van der Waals surface area contributed by atoms with Crippen molar-refractivity contribution in [3.8, 4) is 12.1 Å². The third kappa shape index (κ3) is 4.18. The molecule has 8 heteroatoms. The number of amides is 1. The molecular formula is C17H11N5O3. The highest BCUT2D eigenvalue weighted by molar-refractivity contribution is 6.07. The summed E-state index contributed by atoms with van der Waals surface area (Å²) in [4.78, 5) is 22.5. The number of hydrogen-bond donors (Lipinski definition) is 2. The fourth-order valence-corrected chi connectivity index (χ4v) is 1.93. The van der Waals surface area contributed by atoms with Crippen LogP contribution in [0.4, 0.5) is 17.1 Å². The molecule has 0 atom stereocenters. The Morgan fingerprint density at radius 2 is 1.72 bits per heavy atom. The van der Waals surface area contributed by atoms with Gasteiger partial charge in [-0.25, -0.2) is 0 Å². The summed E-state index contributed by atoms with van der Waals surface area (Å²) >= 11 is 0. The molecule has 0 unspecified atom stereocenters. The fraction of sp³-hybridized carbons (Fsp3) is 0. The van der Waals surface area contributed by atoms with Crippen LogP contribution in [0.5, 0.6) is 0 Å². The van der Waals surface area contributed by atoms with Crippen LogP contribution in [0.2, 0.25) is 0 Å². The van der Waals surface area contributed by atoms with Gasteiger partial charge in [-0.05, 0) is 18.2 Å². The number of benzene rings is 2. The first-order valence-electron chi connectivity index (χ1n) is 6.97. The third-order valence-electron chi connectivity index (χ3n) is 3.13. The molecule has 0 radical (unpaired) electrons. The smallest absolute Gasteiger partial charge is 0.292 e. The normalized spacial score (nSPS) is 10.2. The van der Waals surface area contributed by atoms with Gasteiger partial charge in [0.15, 0.2) is 0 Å². The summed E-state index contributed by atoms with van der Waals surface area (Å²) in [5.41, 5.74) is 0.171. The molecule has 8 nitrogen and oxygen atoms in total. The van der Waals surface area contributed by atoms with Gasteiger partial charge in [0.2, 0.25) is 0 Å². The van der Waals surface area contributed by atoms with Crippen molar-refractivity contribution in [1.82, 2.24) is 0 Å². The summed E-state index contributed by atoms with van der Waals surface area (Å²) in [6.45, 7) is 0. The van der Waals surface area contributed by atoms with Gasteiger partial charge < -0.3 is 10.6 Å². The predicted octanol–water partition coefficient (Wildman–Crippen LogP) is 2.92. The lowest BCUT2D eigenvalue weighted by atomic mass is 10.2. The molecule has 25 heavy (non-hydrogen) atoms. The molecule has 2 N–H and O–H groups in total. The molecule has 0 aliphatic rings. The maximum atomic E-state index is 12.2. The number of nitro groups is 1. The SMILES string of the molecule is N#C/C(=C/Nc1ccccc1[N+](=O)[O-])C(=O)Nc1ccccc1C#N. The molecule has 0 aliphatic carbocycles. The Bertz CT molecular complexity index is 938. The summed E-state index contributed by atoms with van der Waals surface area (Å²) in [5, 5.41) is 34.1. The minimum atomic E-state index is -0.740. The summed E-state index contributed by atoms with van der Waals surface area (Å²) in [7, 11) is 0. The second-order valence-corrected chi connectivity index (χ2v) is 4.70. The summed E-state index contributed by atoms with van der Waals surface area (Å²) < 4.78 is 0. The van der Waals surface area contributed by atoms with Gasteiger partial charge in [0.25, 0.3) is 11.6 Å². The number of carbonyl (C=O) groups excluding carboxylic acids is 1. The van der Waals surface area contributed by atoms with Crippen molar-refractivity contribution in [3.63, 3.8) is 0 Å². The molecule has 1 amide bonds. The molecule has 0 saturated carbocycles. The number of anilines is 2. The van der Waals surface area contributed by atoms with Gasteiger partial charge in [0, 0.05) is 12.3 Å². The Morgan fingerprint density at radius 3 is 2.36 bits per heavy atom. The molecular weight excluding hydrogens is 322 g/mol. The number of para-hydroxylation sites is 3. The lowest BCUT2D eigenvalue weighted by Gasteiger charge is -2.06. The molecule has 0 aromatic heterocycles. The highest BCUT2D eigenvalue weighted by Crippen LogP contribution is 2.23. The van der Waals surface area contributed by atoms with E-state index in [0.29, 0.717) is 0 Å². The van der Waals surface area contributed by atoms with Gasteiger partial charge in [0.1, 0.15) is 23.4 Å². The molecule has 122 valence electrons. The fourth-order valence-electron chi connectivity index (χ4n) is 1.93. The Labute approximate surface area is 142 Å². The van der Waals surface area contributed by atoms with Gasteiger partial charge in [-0.1, -0.05) is 24.3 Å². The van der Waals surface area contributed by atoms with Crippen LogP contribution < -0.4 is 10.6 Å². The predicted molar refractivity (Wildman–Crippen MR) is 90.2 cm³/mol. The highest BCUT2D eigenvalue weighted by atomic mass is 16.6. The minimum absolute atomic E-state index is 0.144. The van der Waals surface area contributed by atoms with Crippen molar-refractivity contribution >= 4 is 23.0 Å². The lowest BCUT2D eigenvalue weighted by molar-refractivity contribution is -0.383. The maximum Gasteiger partial charge on any atom is 0.292 e. The molecule has 2 aromatic carbocycles. The van der Waals surface area contributed by atoms with Crippen LogP contribution >= 0.6 is 0 Å². The van der Waals surface area contributed by atoms with E-state index in [4.69, 9.17) is 10.5 Å². The summed E-state index contributed by atoms with van der Waals surface area (Å²) in [6.07, 6.45) is 1.08. The molecule has 0 bridgehead atoms. The van der Waals surface area contributed by atoms with E-state index in [9.17, 15) is 14.9 Å². The number of hydrogen-bond acceptors (Lipinski definition) is 6. The maximum absolute atomic E-state index is 12.2. The highest BCUT2D eigenvalue weighted by Gasteiger charge is 2.14. The van der Waals surface area contributed by atoms with E-state index in [2.05, 4.69) is 10.6 Å². The first kappa shape index (κ1) is 17.2. The molecule has 0 saturated heterocycles. The van der Waals surface area contributed by atoms with E-state index >= 15 is 0 Å². The summed E-state index contributed by atoms with van der Waals surface area (Å²) in [5.74, 6) is -0.740. The van der Waals surface area contributed by atoms with Gasteiger partial charge in [-0.15, -0.1) is 0 Å². The van der Waals surface area contributed by atoms with Crippen LogP contribution in [-0.4, -0.2) is 10.8 Å². The van der Waals surface area contributed by atoms with Crippen LogP contribution in [0.15, 0.2) is 60.3 Å². The molecule has 0 aliphatic heterocycles. The standard InChI is InChI=1S/C17H11N5O3/c18-9-12-5-1-2-6-14(12)21-17(23)13(10-19)11-20-15-7-3-4-8-16(15)22(24)25/h1-8,11,20H,(H,21,23)/b13-11-. The van der Waals surface area contributed by atoms with Gasteiger partial charge in [-0.3, -0.25) is 14.9 Å². The van der Waals surface area contributed by atoms with Crippen molar-refractivity contribution in [1.29, 1.82) is 10.5 Å². The largest absolute Gasteiger partial charge is 0.355 e. The lowest BCUT2D eigenvalue weighted by Crippen LogP contribution is -2.15. The van der Waals surface area contributed by atoms with Crippen molar-refractivity contribution in [2.75, 3.05) is 10.6 Å². The van der Waals surface area contributed by atoms with Gasteiger partial charge in [-0.2, -0.15) is 10.5 Å². The first-order valence-corrected chi connectivity index (χ1v) is 6.97. The van der Waals surface area contributed by atoms with Crippen LogP contribution in [0.1, 0.15) is 5.56 Å². The van der Waals surface area contributed by atoms with Crippen LogP contribution in [0.3, 0.4) is 0 Å². The number of nitro benzene ring substituents is 1. The number of nitrogens with one attached hydrogen (secondary N) is 2. The van der Waals surface area contributed by atoms with E-state index in [1.807, 2.05) is 6.07 Å². The van der Waals surface area contributed by atoms with Gasteiger partial charge >= 0.3 is 0 Å². The van der Waals surface area contributed by atoms with Crippen molar-refractivity contribution in [2.24, 2.45) is 0 Å². The minimum Gasteiger partial charge on any atom is -0.355 e.